The Bertz CT molecular complexity index is 1300. The number of hydrogen-bond acceptors (Lipinski definition) is 6. The number of nitriles is 1. The molecule has 2 aliphatic rings. The number of aromatic nitrogens is 2. The smallest absolute Gasteiger partial charge is 0.267 e. The molecule has 8 heteroatoms. The summed E-state index contributed by atoms with van der Waals surface area (Å²) in [5, 5.41) is 16.3. The van der Waals surface area contributed by atoms with Gasteiger partial charge in [0.2, 0.25) is 0 Å². The molecule has 2 fully saturated rings. The zero-order chi connectivity index (χ0) is 24.3. The van der Waals surface area contributed by atoms with Gasteiger partial charge in [-0.1, -0.05) is 12.1 Å². The minimum atomic E-state index is -0.576. The van der Waals surface area contributed by atoms with E-state index < -0.39 is 5.41 Å². The number of hydrogen-bond donors (Lipinski definition) is 2. The number of likely N-dealkylation sites (tertiary alicyclic amines) is 1. The van der Waals surface area contributed by atoms with Crippen LogP contribution in [0.25, 0.3) is 5.52 Å². The number of fused-ring (bicyclic) bond motifs is 1. The molecule has 0 radical (unpaired) electrons. The maximum absolute atomic E-state index is 13.2. The van der Waals surface area contributed by atoms with Gasteiger partial charge in [0.25, 0.3) is 11.5 Å². The van der Waals surface area contributed by atoms with Crippen molar-refractivity contribution >= 4 is 11.4 Å². The summed E-state index contributed by atoms with van der Waals surface area (Å²) in [7, 11) is 0. The quantitative estimate of drug-likeness (QED) is 0.593. The third-order valence-corrected chi connectivity index (χ3v) is 7.35. The van der Waals surface area contributed by atoms with Crippen molar-refractivity contribution < 1.29 is 4.79 Å². The molecule has 0 spiro atoms. The first kappa shape index (κ1) is 23.2. The number of carbonyl (C=O) groups is 1. The lowest BCUT2D eigenvalue weighted by atomic mass is 9.76. The van der Waals surface area contributed by atoms with E-state index in [0.29, 0.717) is 19.4 Å². The summed E-state index contributed by atoms with van der Waals surface area (Å²) >= 11 is 0. The molecule has 0 aromatic carbocycles. The highest BCUT2D eigenvalue weighted by atomic mass is 16.2. The fraction of sp³-hybridized carbons (Fsp3) is 0.407. The predicted molar refractivity (Wildman–Crippen MR) is 133 cm³/mol. The Labute approximate surface area is 204 Å². The Morgan fingerprint density at radius 2 is 1.94 bits per heavy atom. The fourth-order valence-corrected chi connectivity index (χ4v) is 5.25. The summed E-state index contributed by atoms with van der Waals surface area (Å²) in [6.07, 6.45) is 6.56. The van der Waals surface area contributed by atoms with Gasteiger partial charge in [-0.25, -0.2) is 0 Å². The van der Waals surface area contributed by atoms with E-state index in [-0.39, 0.29) is 23.1 Å². The number of pyridine rings is 3. The van der Waals surface area contributed by atoms with Crippen molar-refractivity contribution in [1.82, 2.24) is 24.9 Å². The van der Waals surface area contributed by atoms with Crippen LogP contribution < -0.4 is 16.2 Å². The molecule has 0 saturated carbocycles. The van der Waals surface area contributed by atoms with Gasteiger partial charge in [-0.3, -0.25) is 23.9 Å². The summed E-state index contributed by atoms with van der Waals surface area (Å²) < 4.78 is 1.57. The standard InChI is InChI=1S/C27H30N6O2/c28-19-27(24-6-1-3-11-30-24)9-15-32(16-10-27)18-20-17-22(25(34)31-21-7-12-29-13-8-21)26(35)33-14-4-2-5-23(20)33/h1-6,11,14,17,21,29H,7-10,12-13,15-16,18H2,(H,31,34). The fourth-order valence-electron chi connectivity index (χ4n) is 5.25. The molecule has 2 N–H and O–H groups in total. The van der Waals surface area contributed by atoms with Crippen LogP contribution in [0.2, 0.25) is 0 Å². The molecule has 8 nitrogen and oxygen atoms in total. The lowest BCUT2D eigenvalue weighted by molar-refractivity contribution is 0.0927. The van der Waals surface area contributed by atoms with Gasteiger partial charge >= 0.3 is 0 Å². The predicted octanol–water partition coefficient (Wildman–Crippen LogP) is 2.23. The van der Waals surface area contributed by atoms with Crippen LogP contribution in [0.3, 0.4) is 0 Å². The summed E-state index contributed by atoms with van der Waals surface area (Å²) in [5.74, 6) is -0.307. The first-order chi connectivity index (χ1) is 17.1. The summed E-state index contributed by atoms with van der Waals surface area (Å²) in [4.78, 5) is 33.0. The zero-order valence-corrected chi connectivity index (χ0v) is 19.7. The Balaban J connectivity index is 1.38. The van der Waals surface area contributed by atoms with E-state index >= 15 is 0 Å². The number of nitrogens with one attached hydrogen (secondary N) is 2. The van der Waals surface area contributed by atoms with E-state index in [9.17, 15) is 14.9 Å². The Kier molecular flexibility index (Phi) is 6.62. The van der Waals surface area contributed by atoms with E-state index in [2.05, 4.69) is 26.6 Å². The van der Waals surface area contributed by atoms with Gasteiger partial charge in [0, 0.05) is 38.1 Å². The van der Waals surface area contributed by atoms with E-state index in [1.807, 2.05) is 36.4 Å². The van der Waals surface area contributed by atoms with E-state index in [4.69, 9.17) is 0 Å². The van der Waals surface area contributed by atoms with Crippen molar-refractivity contribution in [2.75, 3.05) is 26.2 Å². The highest BCUT2D eigenvalue weighted by Gasteiger charge is 2.37. The lowest BCUT2D eigenvalue weighted by Gasteiger charge is -2.37. The molecule has 2 aliphatic heterocycles. The molecule has 3 aromatic rings. The molecule has 2 saturated heterocycles. The SMILES string of the molecule is N#CC1(c2ccccn2)CCN(Cc2cc(C(=O)NC3CCNCC3)c(=O)n3ccccc23)CC1. The number of piperidine rings is 2. The average Bonchev–Trinajstić information content (AvgIpc) is 2.92. The molecule has 3 aromatic heterocycles. The molecule has 1 amide bonds. The van der Waals surface area contributed by atoms with Crippen molar-refractivity contribution in [3.8, 4) is 6.07 Å². The maximum atomic E-state index is 13.2. The van der Waals surface area contributed by atoms with E-state index in [0.717, 1.165) is 55.8 Å². The zero-order valence-electron chi connectivity index (χ0n) is 19.7. The van der Waals surface area contributed by atoms with Crippen LogP contribution >= 0.6 is 0 Å². The first-order valence-electron chi connectivity index (χ1n) is 12.3. The normalized spacial score (nSPS) is 18.7. The minimum absolute atomic E-state index is 0.0795. The second-order valence-corrected chi connectivity index (χ2v) is 9.53. The van der Waals surface area contributed by atoms with Crippen LogP contribution in [-0.4, -0.2) is 52.4 Å². The molecule has 35 heavy (non-hydrogen) atoms. The van der Waals surface area contributed by atoms with Gasteiger partial charge in [0.15, 0.2) is 0 Å². The Morgan fingerprint density at radius 3 is 2.66 bits per heavy atom. The van der Waals surface area contributed by atoms with Crippen molar-refractivity contribution in [2.45, 2.75) is 43.7 Å². The van der Waals surface area contributed by atoms with Crippen LogP contribution in [0.5, 0.6) is 0 Å². The molecule has 0 bridgehead atoms. The molecule has 5 rings (SSSR count). The first-order valence-corrected chi connectivity index (χ1v) is 12.3. The highest BCUT2D eigenvalue weighted by molar-refractivity contribution is 5.94. The van der Waals surface area contributed by atoms with Crippen LogP contribution in [0.15, 0.2) is 59.7 Å². The van der Waals surface area contributed by atoms with Crippen LogP contribution in [0.4, 0.5) is 0 Å². The number of amides is 1. The Morgan fingerprint density at radius 1 is 1.17 bits per heavy atom. The van der Waals surface area contributed by atoms with Crippen molar-refractivity contribution in [2.24, 2.45) is 0 Å². The van der Waals surface area contributed by atoms with Crippen molar-refractivity contribution in [1.29, 1.82) is 5.26 Å². The van der Waals surface area contributed by atoms with Gasteiger partial charge in [0.05, 0.1) is 17.3 Å². The molecule has 180 valence electrons. The van der Waals surface area contributed by atoms with Crippen LogP contribution in [0.1, 0.15) is 47.3 Å². The second-order valence-electron chi connectivity index (χ2n) is 9.53. The summed E-state index contributed by atoms with van der Waals surface area (Å²) in [5.41, 5.74) is 1.87. The van der Waals surface area contributed by atoms with Gasteiger partial charge in [-0.15, -0.1) is 0 Å². The van der Waals surface area contributed by atoms with Gasteiger partial charge in [-0.05, 0) is 74.7 Å². The van der Waals surface area contributed by atoms with E-state index in [1.54, 1.807) is 22.9 Å². The van der Waals surface area contributed by atoms with Crippen molar-refractivity contribution in [3.05, 3.63) is 82.0 Å². The van der Waals surface area contributed by atoms with Gasteiger partial charge < -0.3 is 10.6 Å². The largest absolute Gasteiger partial charge is 0.349 e. The lowest BCUT2D eigenvalue weighted by Crippen LogP contribution is -2.44. The average molecular weight is 471 g/mol. The van der Waals surface area contributed by atoms with E-state index in [1.165, 1.54) is 0 Å². The van der Waals surface area contributed by atoms with Crippen LogP contribution in [-0.2, 0) is 12.0 Å². The second kappa shape index (κ2) is 9.98. The molecule has 0 unspecified atom stereocenters. The molecule has 0 atom stereocenters. The number of rotatable bonds is 5. The summed E-state index contributed by atoms with van der Waals surface area (Å²) in [6, 6.07) is 15.7. The molecule has 5 heterocycles. The highest BCUT2D eigenvalue weighted by Crippen LogP contribution is 2.34. The molecule has 0 aliphatic carbocycles. The summed E-state index contributed by atoms with van der Waals surface area (Å²) in [6.45, 7) is 3.80. The van der Waals surface area contributed by atoms with Crippen molar-refractivity contribution in [3.63, 3.8) is 0 Å². The van der Waals surface area contributed by atoms with Crippen LogP contribution in [0, 0.1) is 11.3 Å². The van der Waals surface area contributed by atoms with Gasteiger partial charge in [0.1, 0.15) is 11.0 Å². The third-order valence-electron chi connectivity index (χ3n) is 7.35. The number of carbonyl (C=O) groups excluding carboxylic acids is 1. The third kappa shape index (κ3) is 4.70. The monoisotopic (exact) mass is 470 g/mol. The van der Waals surface area contributed by atoms with Gasteiger partial charge in [-0.2, -0.15) is 5.26 Å². The molecular formula is C27H30N6O2. The minimum Gasteiger partial charge on any atom is -0.349 e. The maximum Gasteiger partial charge on any atom is 0.267 e. The number of nitrogens with zero attached hydrogens (tertiary/aromatic N) is 4. The Hall–Kier alpha value is -3.54. The molecular weight excluding hydrogens is 440 g/mol. The topological polar surface area (TPSA) is 103 Å².